The molecule has 0 saturated heterocycles. The molecule has 0 aliphatic heterocycles. The van der Waals surface area contributed by atoms with Crippen molar-refractivity contribution in [3.05, 3.63) is 65.0 Å². The first-order valence-corrected chi connectivity index (χ1v) is 7.12. The van der Waals surface area contributed by atoms with Gasteiger partial charge in [0.25, 0.3) is 5.91 Å². The summed E-state index contributed by atoms with van der Waals surface area (Å²) in [5.41, 5.74) is 7.60. The van der Waals surface area contributed by atoms with Gasteiger partial charge in [-0.3, -0.25) is 9.78 Å². The summed E-state index contributed by atoms with van der Waals surface area (Å²) in [5, 5.41) is 4.17. The molecule has 1 N–H and O–H groups in total. The van der Waals surface area contributed by atoms with Gasteiger partial charge in [-0.2, -0.15) is 5.10 Å². The third kappa shape index (κ3) is 2.99. The van der Waals surface area contributed by atoms with Crippen LogP contribution in [-0.2, 0) is 12.8 Å². The van der Waals surface area contributed by atoms with Crippen molar-refractivity contribution in [1.29, 1.82) is 0 Å². The van der Waals surface area contributed by atoms with Gasteiger partial charge in [0.15, 0.2) is 0 Å². The van der Waals surface area contributed by atoms with Crippen LogP contribution in [0.4, 0.5) is 0 Å². The summed E-state index contributed by atoms with van der Waals surface area (Å²) in [6.07, 6.45) is 5.12. The predicted octanol–water partition coefficient (Wildman–Crippen LogP) is 2.72. The van der Waals surface area contributed by atoms with E-state index in [-0.39, 0.29) is 5.91 Å². The highest BCUT2D eigenvalue weighted by Gasteiger charge is 2.12. The van der Waals surface area contributed by atoms with Crippen LogP contribution >= 0.6 is 0 Å². The minimum absolute atomic E-state index is 0.295. The van der Waals surface area contributed by atoms with E-state index in [0.29, 0.717) is 5.69 Å². The number of fused-ring (bicyclic) bond motifs is 1. The van der Waals surface area contributed by atoms with Gasteiger partial charge in [0.2, 0.25) is 0 Å². The fourth-order valence-corrected chi connectivity index (χ4v) is 2.55. The number of pyridine rings is 1. The number of aromatic nitrogens is 1. The third-order valence-corrected chi connectivity index (χ3v) is 3.74. The number of nitrogens with zero attached hydrogens (tertiary/aromatic N) is 2. The Morgan fingerprint density at radius 2 is 2.05 bits per heavy atom. The van der Waals surface area contributed by atoms with Crippen molar-refractivity contribution in [2.75, 3.05) is 0 Å². The molecule has 0 spiro atoms. The Morgan fingerprint density at radius 1 is 1.19 bits per heavy atom. The van der Waals surface area contributed by atoms with Crippen LogP contribution in [0, 0.1) is 0 Å². The van der Waals surface area contributed by atoms with E-state index in [4.69, 9.17) is 0 Å². The van der Waals surface area contributed by atoms with Crippen LogP contribution in [0.15, 0.2) is 47.7 Å². The van der Waals surface area contributed by atoms with Crippen molar-refractivity contribution in [1.82, 2.24) is 10.4 Å². The van der Waals surface area contributed by atoms with Gasteiger partial charge in [0.05, 0.1) is 5.71 Å². The molecular weight excluding hydrogens is 262 g/mol. The van der Waals surface area contributed by atoms with Crippen LogP contribution in [0.5, 0.6) is 0 Å². The normalized spacial score (nSPS) is 13.9. The fraction of sp³-hybridized carbons (Fsp3) is 0.235. The first kappa shape index (κ1) is 13.5. The number of carbonyl (C=O) groups is 1. The van der Waals surface area contributed by atoms with E-state index < -0.39 is 0 Å². The highest BCUT2D eigenvalue weighted by Crippen LogP contribution is 2.23. The highest BCUT2D eigenvalue weighted by atomic mass is 16.2. The molecule has 1 aromatic heterocycles. The van der Waals surface area contributed by atoms with Crippen molar-refractivity contribution in [3.63, 3.8) is 0 Å². The first-order valence-electron chi connectivity index (χ1n) is 7.12. The molecule has 4 heteroatoms. The zero-order valence-electron chi connectivity index (χ0n) is 12.0. The molecule has 4 nitrogen and oxygen atoms in total. The Kier molecular flexibility index (Phi) is 3.77. The van der Waals surface area contributed by atoms with Crippen molar-refractivity contribution in [2.24, 2.45) is 5.10 Å². The van der Waals surface area contributed by atoms with E-state index in [1.165, 1.54) is 24.0 Å². The summed E-state index contributed by atoms with van der Waals surface area (Å²) in [5.74, 6) is -0.295. The molecule has 0 fully saturated rings. The van der Waals surface area contributed by atoms with Crippen LogP contribution in [-0.4, -0.2) is 16.6 Å². The largest absolute Gasteiger partial charge is 0.289 e. The summed E-state index contributed by atoms with van der Waals surface area (Å²) in [7, 11) is 0. The molecule has 1 aliphatic rings. The van der Waals surface area contributed by atoms with Gasteiger partial charge < -0.3 is 0 Å². The number of amides is 1. The van der Waals surface area contributed by atoms with Crippen molar-refractivity contribution in [3.8, 4) is 0 Å². The van der Waals surface area contributed by atoms with Gasteiger partial charge in [-0.25, -0.2) is 5.43 Å². The average molecular weight is 279 g/mol. The molecule has 0 saturated carbocycles. The summed E-state index contributed by atoms with van der Waals surface area (Å²) in [4.78, 5) is 15.9. The van der Waals surface area contributed by atoms with Gasteiger partial charge in [0, 0.05) is 6.20 Å². The molecule has 0 atom stereocenters. The van der Waals surface area contributed by atoms with E-state index in [1.54, 1.807) is 24.4 Å². The fourth-order valence-electron chi connectivity index (χ4n) is 2.55. The van der Waals surface area contributed by atoms with Gasteiger partial charge in [0.1, 0.15) is 5.69 Å². The number of benzene rings is 1. The average Bonchev–Trinajstić information content (AvgIpc) is 3.00. The van der Waals surface area contributed by atoms with E-state index in [1.807, 2.05) is 6.92 Å². The second-order valence-corrected chi connectivity index (χ2v) is 5.19. The number of hydrogen-bond acceptors (Lipinski definition) is 3. The summed E-state index contributed by atoms with van der Waals surface area (Å²) in [6.45, 7) is 1.90. The Hall–Kier alpha value is -2.49. The second-order valence-electron chi connectivity index (χ2n) is 5.19. The Labute approximate surface area is 123 Å². The van der Waals surface area contributed by atoms with Crippen LogP contribution < -0.4 is 5.43 Å². The number of nitrogens with one attached hydrogen (secondary N) is 1. The van der Waals surface area contributed by atoms with Crippen LogP contribution in [0.25, 0.3) is 0 Å². The molecule has 1 amide bonds. The van der Waals surface area contributed by atoms with Gasteiger partial charge in [-0.15, -0.1) is 0 Å². The molecule has 106 valence electrons. The van der Waals surface area contributed by atoms with Crippen LogP contribution in [0.3, 0.4) is 0 Å². The lowest BCUT2D eigenvalue weighted by Gasteiger charge is -2.05. The van der Waals surface area contributed by atoms with Crippen molar-refractivity contribution in [2.45, 2.75) is 26.2 Å². The summed E-state index contributed by atoms with van der Waals surface area (Å²) in [6, 6.07) is 11.6. The lowest BCUT2D eigenvalue weighted by atomic mass is 10.0. The van der Waals surface area contributed by atoms with Gasteiger partial charge in [-0.05, 0) is 61.1 Å². The second kappa shape index (κ2) is 5.87. The topological polar surface area (TPSA) is 54.4 Å². The van der Waals surface area contributed by atoms with Gasteiger partial charge >= 0.3 is 0 Å². The molecule has 21 heavy (non-hydrogen) atoms. The maximum absolute atomic E-state index is 11.9. The minimum atomic E-state index is -0.295. The number of aryl methyl sites for hydroxylation is 2. The maximum Gasteiger partial charge on any atom is 0.289 e. The Bertz CT molecular complexity index is 692. The molecule has 0 unspecified atom stereocenters. The zero-order chi connectivity index (χ0) is 14.7. The molecule has 0 radical (unpaired) electrons. The smallest absolute Gasteiger partial charge is 0.266 e. The van der Waals surface area contributed by atoms with E-state index in [9.17, 15) is 4.79 Å². The molecule has 1 aromatic carbocycles. The monoisotopic (exact) mass is 279 g/mol. The molecule has 2 aromatic rings. The Morgan fingerprint density at radius 3 is 2.86 bits per heavy atom. The number of hydrogen-bond donors (Lipinski definition) is 1. The SMILES string of the molecule is C/C(=N/NC(=O)c1ccccn1)c1ccc2c(c1)CCC2. The van der Waals surface area contributed by atoms with Crippen molar-refractivity contribution < 1.29 is 4.79 Å². The quantitative estimate of drug-likeness (QED) is 0.694. The molecular formula is C17H17N3O. The molecule has 1 aliphatic carbocycles. The Balaban J connectivity index is 1.73. The van der Waals surface area contributed by atoms with Crippen LogP contribution in [0.2, 0.25) is 0 Å². The highest BCUT2D eigenvalue weighted by molar-refractivity contribution is 6.00. The summed E-state index contributed by atoms with van der Waals surface area (Å²) >= 11 is 0. The maximum atomic E-state index is 11.9. The van der Waals surface area contributed by atoms with E-state index >= 15 is 0 Å². The number of rotatable bonds is 3. The molecule has 3 rings (SSSR count). The minimum Gasteiger partial charge on any atom is -0.266 e. The first-order chi connectivity index (χ1) is 10.2. The van der Waals surface area contributed by atoms with Crippen LogP contribution in [0.1, 0.15) is 40.5 Å². The summed E-state index contributed by atoms with van der Waals surface area (Å²) < 4.78 is 0. The van der Waals surface area contributed by atoms with E-state index in [0.717, 1.165) is 17.7 Å². The van der Waals surface area contributed by atoms with Crippen molar-refractivity contribution >= 4 is 11.6 Å². The van der Waals surface area contributed by atoms with E-state index in [2.05, 4.69) is 33.7 Å². The lowest BCUT2D eigenvalue weighted by molar-refractivity contribution is 0.0950. The predicted molar refractivity (Wildman–Crippen MR) is 82.4 cm³/mol. The lowest BCUT2D eigenvalue weighted by Crippen LogP contribution is -2.20. The number of carbonyl (C=O) groups excluding carboxylic acids is 1. The zero-order valence-corrected chi connectivity index (χ0v) is 12.0. The molecule has 1 heterocycles. The third-order valence-electron chi connectivity index (χ3n) is 3.74. The number of hydrazone groups is 1. The standard InChI is InChI=1S/C17H17N3O/c1-12(14-9-8-13-5-4-6-15(13)11-14)19-20-17(21)16-7-2-3-10-18-16/h2-3,7-11H,4-6H2,1H3,(H,20,21)/b19-12-. The van der Waals surface area contributed by atoms with Gasteiger partial charge in [-0.1, -0.05) is 18.2 Å². The molecule has 0 bridgehead atoms.